The lowest BCUT2D eigenvalue weighted by molar-refractivity contribution is -0.137. The second-order valence-corrected chi connectivity index (χ2v) is 4.59. The van der Waals surface area contributed by atoms with Crippen LogP contribution in [0.4, 0.5) is 17.6 Å². The summed E-state index contributed by atoms with van der Waals surface area (Å²) in [6.07, 6.45) is -4.05. The topological polar surface area (TPSA) is 43.1 Å². The molecule has 3 aromatic rings. The number of alkyl halides is 3. The van der Waals surface area contributed by atoms with Crippen LogP contribution in [0.2, 0.25) is 0 Å². The first-order chi connectivity index (χ1) is 10.4. The maximum atomic E-state index is 13.1. The largest absolute Gasteiger partial charge is 0.416 e. The van der Waals surface area contributed by atoms with Gasteiger partial charge in [-0.3, -0.25) is 4.79 Å². The van der Waals surface area contributed by atoms with E-state index in [1.54, 1.807) is 0 Å². The van der Waals surface area contributed by atoms with Gasteiger partial charge in [0.05, 0.1) is 5.56 Å². The van der Waals surface area contributed by atoms with Crippen molar-refractivity contribution in [3.05, 3.63) is 53.3 Å². The molecule has 3 rings (SSSR count). The van der Waals surface area contributed by atoms with Gasteiger partial charge in [0.2, 0.25) is 0 Å². The molecule has 0 radical (unpaired) electrons. The van der Waals surface area contributed by atoms with Crippen LogP contribution in [0.15, 0.2) is 40.9 Å². The van der Waals surface area contributed by atoms with Gasteiger partial charge in [-0.05, 0) is 36.4 Å². The molecule has 0 amide bonds. The maximum absolute atomic E-state index is 13.1. The SMILES string of the molecule is O=Cc1cc(F)ccc1-c1noc2cc(C(F)(F)F)ccc12. The molecule has 0 saturated carbocycles. The molecule has 22 heavy (non-hydrogen) atoms. The van der Waals surface area contributed by atoms with Gasteiger partial charge in [-0.2, -0.15) is 13.2 Å². The summed E-state index contributed by atoms with van der Waals surface area (Å²) in [5.41, 5.74) is -0.417. The Balaban J connectivity index is 2.19. The summed E-state index contributed by atoms with van der Waals surface area (Å²) in [5.74, 6) is -0.599. The van der Waals surface area contributed by atoms with E-state index < -0.39 is 17.6 Å². The zero-order chi connectivity index (χ0) is 15.9. The summed E-state index contributed by atoms with van der Waals surface area (Å²) in [4.78, 5) is 11.0. The Hall–Kier alpha value is -2.70. The molecule has 0 N–H and O–H groups in total. The number of hydrogen-bond donors (Lipinski definition) is 0. The Morgan fingerprint density at radius 1 is 1.09 bits per heavy atom. The number of benzene rings is 2. The zero-order valence-electron chi connectivity index (χ0n) is 10.8. The van der Waals surface area contributed by atoms with Crippen molar-refractivity contribution < 1.29 is 26.9 Å². The molecule has 0 saturated heterocycles. The van der Waals surface area contributed by atoms with Gasteiger partial charge in [-0.25, -0.2) is 4.39 Å². The number of nitrogens with zero attached hydrogens (tertiary/aromatic N) is 1. The normalized spacial score (nSPS) is 11.8. The van der Waals surface area contributed by atoms with E-state index in [0.717, 1.165) is 24.3 Å². The van der Waals surface area contributed by atoms with Gasteiger partial charge in [-0.1, -0.05) is 5.16 Å². The summed E-state index contributed by atoms with van der Waals surface area (Å²) in [6, 6.07) is 6.42. The van der Waals surface area contributed by atoms with E-state index in [1.807, 2.05) is 0 Å². The molecule has 0 aliphatic rings. The number of hydrogen-bond acceptors (Lipinski definition) is 3. The Kier molecular flexibility index (Phi) is 3.20. The minimum atomic E-state index is -4.50. The highest BCUT2D eigenvalue weighted by Gasteiger charge is 2.31. The van der Waals surface area contributed by atoms with Crippen molar-refractivity contribution >= 4 is 17.3 Å². The molecular formula is C15H7F4NO2. The molecule has 0 aliphatic carbocycles. The van der Waals surface area contributed by atoms with Gasteiger partial charge in [0.15, 0.2) is 11.9 Å². The lowest BCUT2D eigenvalue weighted by atomic mass is 10.0. The van der Waals surface area contributed by atoms with Crippen LogP contribution >= 0.6 is 0 Å². The van der Waals surface area contributed by atoms with Gasteiger partial charge in [0.25, 0.3) is 0 Å². The third kappa shape index (κ3) is 2.34. The van der Waals surface area contributed by atoms with Crippen LogP contribution in [0, 0.1) is 5.82 Å². The molecule has 0 unspecified atom stereocenters. The second-order valence-electron chi connectivity index (χ2n) is 4.59. The average molecular weight is 309 g/mol. The number of rotatable bonds is 2. The quantitative estimate of drug-likeness (QED) is 0.518. The molecular weight excluding hydrogens is 302 g/mol. The highest BCUT2D eigenvalue weighted by molar-refractivity contribution is 5.97. The standard InChI is InChI=1S/C15H7F4NO2/c16-10-2-4-11(8(5-10)7-21)14-12-3-1-9(15(17,18)19)6-13(12)22-20-14/h1-7H. The van der Waals surface area contributed by atoms with E-state index in [4.69, 9.17) is 4.52 Å². The summed E-state index contributed by atoms with van der Waals surface area (Å²) < 4.78 is 56.0. The van der Waals surface area contributed by atoms with Crippen molar-refractivity contribution in [2.75, 3.05) is 0 Å². The van der Waals surface area contributed by atoms with Gasteiger partial charge in [0, 0.05) is 16.5 Å². The number of fused-ring (bicyclic) bond motifs is 1. The Bertz CT molecular complexity index is 868. The van der Waals surface area contributed by atoms with Crippen molar-refractivity contribution in [1.29, 1.82) is 0 Å². The molecule has 0 aliphatic heterocycles. The number of aromatic nitrogens is 1. The monoisotopic (exact) mass is 309 g/mol. The zero-order valence-corrected chi connectivity index (χ0v) is 10.8. The number of carbonyl (C=O) groups is 1. The van der Waals surface area contributed by atoms with Crippen molar-refractivity contribution in [2.45, 2.75) is 6.18 Å². The first-order valence-corrected chi connectivity index (χ1v) is 6.12. The smallest absolute Gasteiger partial charge is 0.356 e. The molecule has 0 bridgehead atoms. The van der Waals surface area contributed by atoms with Crippen molar-refractivity contribution in [3.63, 3.8) is 0 Å². The molecule has 0 spiro atoms. The third-order valence-corrected chi connectivity index (χ3v) is 3.20. The summed E-state index contributed by atoms with van der Waals surface area (Å²) in [7, 11) is 0. The minimum absolute atomic E-state index is 0.0371. The Labute approximate surface area is 121 Å². The van der Waals surface area contributed by atoms with E-state index in [-0.39, 0.29) is 22.4 Å². The highest BCUT2D eigenvalue weighted by atomic mass is 19.4. The van der Waals surface area contributed by atoms with Gasteiger partial charge >= 0.3 is 6.18 Å². The maximum Gasteiger partial charge on any atom is 0.416 e. The van der Waals surface area contributed by atoms with Crippen LogP contribution in [-0.4, -0.2) is 11.4 Å². The predicted molar refractivity (Wildman–Crippen MR) is 69.8 cm³/mol. The number of aldehydes is 1. The van der Waals surface area contributed by atoms with E-state index in [9.17, 15) is 22.4 Å². The van der Waals surface area contributed by atoms with Crippen LogP contribution in [0.1, 0.15) is 15.9 Å². The molecule has 112 valence electrons. The Morgan fingerprint density at radius 3 is 2.55 bits per heavy atom. The molecule has 2 aromatic carbocycles. The van der Waals surface area contributed by atoms with Crippen LogP contribution in [0.5, 0.6) is 0 Å². The highest BCUT2D eigenvalue weighted by Crippen LogP contribution is 2.35. The lowest BCUT2D eigenvalue weighted by Crippen LogP contribution is -2.03. The predicted octanol–water partition coefficient (Wildman–Crippen LogP) is 4.47. The third-order valence-electron chi connectivity index (χ3n) is 3.20. The minimum Gasteiger partial charge on any atom is -0.356 e. The summed E-state index contributed by atoms with van der Waals surface area (Å²) in [6.45, 7) is 0. The van der Waals surface area contributed by atoms with Crippen molar-refractivity contribution in [2.24, 2.45) is 0 Å². The molecule has 3 nitrogen and oxygen atoms in total. The van der Waals surface area contributed by atoms with Crippen molar-refractivity contribution in [1.82, 2.24) is 5.16 Å². The molecule has 1 aromatic heterocycles. The fraction of sp³-hybridized carbons (Fsp3) is 0.0667. The molecule has 0 atom stereocenters. The summed E-state index contributed by atoms with van der Waals surface area (Å²) >= 11 is 0. The first-order valence-electron chi connectivity index (χ1n) is 6.12. The average Bonchev–Trinajstić information content (AvgIpc) is 2.89. The summed E-state index contributed by atoms with van der Waals surface area (Å²) in [5, 5.41) is 4.01. The van der Waals surface area contributed by atoms with Gasteiger partial charge < -0.3 is 4.52 Å². The van der Waals surface area contributed by atoms with Crippen LogP contribution in [0.3, 0.4) is 0 Å². The molecule has 7 heteroatoms. The second kappa shape index (κ2) is 4.94. The van der Waals surface area contributed by atoms with Crippen LogP contribution in [0.25, 0.3) is 22.2 Å². The lowest BCUT2D eigenvalue weighted by Gasteiger charge is -2.05. The van der Waals surface area contributed by atoms with Crippen LogP contribution in [-0.2, 0) is 6.18 Å². The van der Waals surface area contributed by atoms with E-state index >= 15 is 0 Å². The fourth-order valence-corrected chi connectivity index (χ4v) is 2.15. The number of halogens is 4. The number of carbonyl (C=O) groups excluding carboxylic acids is 1. The Morgan fingerprint density at radius 2 is 1.86 bits per heavy atom. The fourth-order valence-electron chi connectivity index (χ4n) is 2.15. The van der Waals surface area contributed by atoms with E-state index in [2.05, 4.69) is 5.16 Å². The van der Waals surface area contributed by atoms with E-state index in [0.29, 0.717) is 11.7 Å². The molecule has 1 heterocycles. The molecule has 0 fully saturated rings. The van der Waals surface area contributed by atoms with Gasteiger partial charge in [0.1, 0.15) is 11.5 Å². The van der Waals surface area contributed by atoms with Crippen molar-refractivity contribution in [3.8, 4) is 11.3 Å². The van der Waals surface area contributed by atoms with E-state index in [1.165, 1.54) is 12.1 Å². The first kappa shape index (κ1) is 14.2. The van der Waals surface area contributed by atoms with Gasteiger partial charge in [-0.15, -0.1) is 0 Å². The van der Waals surface area contributed by atoms with Crippen LogP contribution < -0.4 is 0 Å².